The number of nitrogens with zero attached hydrogens (tertiary/aromatic N) is 1. The fraction of sp³-hybridized carbons (Fsp3) is 0.905. The molecule has 7 saturated heterocycles. The van der Waals surface area contributed by atoms with Crippen LogP contribution in [0.3, 0.4) is 0 Å². The van der Waals surface area contributed by atoms with E-state index in [0.29, 0.717) is 31.7 Å². The van der Waals surface area contributed by atoms with Crippen LogP contribution in [0.15, 0.2) is 0 Å². The Morgan fingerprint density at radius 2 is 0.750 bits per heavy atom. The number of nitrogens with one attached hydrogen (secondary N) is 4. The second kappa shape index (κ2) is 61.2. The molecule has 7 fully saturated rings. The maximum Gasteiger partial charge on any atom is 0.397 e. The number of aliphatic carboxylic acids is 3. The summed E-state index contributed by atoms with van der Waals surface area (Å²) in [6.07, 6.45) is -52.3. The van der Waals surface area contributed by atoms with Crippen molar-refractivity contribution in [3.05, 3.63) is 0 Å². The van der Waals surface area contributed by atoms with Crippen molar-refractivity contribution in [1.82, 2.24) is 26.2 Å². The molecule has 64 nitrogen and oxygen atoms in total. The Morgan fingerprint density at radius 3 is 1.17 bits per heavy atom. The molecular formula is C74H127N5O59S6. The van der Waals surface area contributed by atoms with Gasteiger partial charge in [-0.1, -0.05) is 0 Å². The van der Waals surface area contributed by atoms with Crippen LogP contribution in [-0.2, 0) is 239 Å². The molecule has 70 heteroatoms. The van der Waals surface area contributed by atoms with Gasteiger partial charge in [0.1, 0.15) is 110 Å². The lowest BCUT2D eigenvalue weighted by atomic mass is 9.92. The SMILES string of the molecule is CO[C@H]1O[C@H](COS(=O)(=O)O)[C@@H](O[C@@H]2O[C@H](C(=O)O)[C@@H](O[C@H]3O[C@H](COS(=O)(=O)O)[C@@H](O[C@@H]4O[C@H](C(=O)O)[C@@H](O[C@H]5O[C@H](COS(=O)(=O)O)[C@@H](OCCOCCOCCOCCNC(=O)COCCOCCOCCOCCNC(=O)[C@H](CC(=O)O)NC(=O)[C@@H]6CCCN(C(=O)CCC7CCNCC7)C6)[C@H](OC)[C@H]5OC)[C@H](OC)[C@H]4OC)[C@H](OS(=O)(=O)O)[C@H]3OS(=O)(=O)O)[C@H](OC)[C@H]2OC)[C@H](OC)[C@H]1OS(=O)(=O)O. The van der Waals surface area contributed by atoms with E-state index >= 15 is 0 Å². The van der Waals surface area contributed by atoms with Crippen molar-refractivity contribution in [2.24, 2.45) is 11.8 Å². The van der Waals surface area contributed by atoms with Crippen LogP contribution < -0.4 is 21.3 Å². The average Bonchev–Trinajstić information content (AvgIpc) is 0.745. The molecule has 0 unspecified atom stereocenters. The van der Waals surface area contributed by atoms with Gasteiger partial charge in [0.15, 0.2) is 55.9 Å². The first-order valence-corrected chi connectivity index (χ1v) is 52.3. The van der Waals surface area contributed by atoms with E-state index in [0.717, 1.165) is 89.2 Å². The van der Waals surface area contributed by atoms with E-state index in [4.69, 9.17) is 131 Å². The smallest absolute Gasteiger partial charge is 0.397 e. The molecule has 0 saturated carbocycles. The van der Waals surface area contributed by atoms with E-state index in [2.05, 4.69) is 33.8 Å². The summed E-state index contributed by atoms with van der Waals surface area (Å²) < 4.78 is 379. The number of hydrogen-bond acceptors (Lipinski definition) is 51. The molecule has 144 heavy (non-hydrogen) atoms. The topological polar surface area (TPSA) is 844 Å². The molecule has 7 rings (SSSR count). The van der Waals surface area contributed by atoms with Crippen molar-refractivity contribution in [2.45, 2.75) is 205 Å². The predicted octanol–water partition coefficient (Wildman–Crippen LogP) is -8.19. The van der Waals surface area contributed by atoms with Crippen molar-refractivity contribution >= 4 is 104 Å². The number of carbonyl (C=O) groups is 7. The molecule has 0 bridgehead atoms. The van der Waals surface area contributed by atoms with E-state index in [1.54, 1.807) is 4.90 Å². The van der Waals surface area contributed by atoms with Crippen molar-refractivity contribution in [3.8, 4) is 0 Å². The van der Waals surface area contributed by atoms with Gasteiger partial charge in [-0.15, -0.1) is 0 Å². The van der Waals surface area contributed by atoms with Gasteiger partial charge in [-0.3, -0.25) is 51.3 Å². The number of carboxylic acid groups (broad SMARTS) is 3. The molecule has 7 aliphatic heterocycles. The third-order valence-electron chi connectivity index (χ3n) is 22.5. The number of ether oxygens (including phenoxy) is 25. The van der Waals surface area contributed by atoms with Crippen LogP contribution in [0.2, 0.25) is 0 Å². The number of hydrogen-bond donors (Lipinski definition) is 13. The van der Waals surface area contributed by atoms with Gasteiger partial charge >= 0.3 is 80.3 Å². The monoisotopic (exact) mass is 2220 g/mol. The number of likely N-dealkylation sites (tertiary alicyclic amines) is 1. The van der Waals surface area contributed by atoms with Crippen LogP contribution >= 0.6 is 0 Å². The molecule has 0 aliphatic carbocycles. The third kappa shape index (κ3) is 42.3. The zero-order chi connectivity index (χ0) is 106. The van der Waals surface area contributed by atoms with E-state index < -0.39 is 290 Å². The molecule has 0 radical (unpaired) electrons. The molecule has 7 heterocycles. The fourth-order valence-electron chi connectivity index (χ4n) is 16.2. The van der Waals surface area contributed by atoms with Crippen LogP contribution in [0.4, 0.5) is 0 Å². The van der Waals surface area contributed by atoms with Gasteiger partial charge in [0.25, 0.3) is 0 Å². The Balaban J connectivity index is 0.874. The standard InChI is InChI=1S/C74H127N5O59S6/c1-108-52-49(123-33-32-121-29-28-119-24-22-116-20-17-76-46(80)39-122-31-30-120-27-26-118-25-23-117-21-18-77-67(85)42(34-48(82)83)78-66(84)41-10-9-19-79(35-41)47(81)12-11-40-13-15-75-16-14-40)43(36-124-139(90,91)92)128-71(61(52)112-5)132-56-54(110-3)63(114-7)73(135-59(56)68(86)87)131-51-45(38-126-141(96,97)98)129-74(65(138-144(105,106)107)58(51)136-142(99,100)101)133-57-55(111-4)62(113-6)72(134-60(57)69(88)89)130-50-44(37-125-140(93,94)95)127-70(115-8)64(53(50)109-2)137-143(102,103)104/h40-45,49-65,70-75H,9-39H2,1-8H3,(H,76,80)(H,77,85)(H,78,84)(H,82,83)(H,86,87)(H,88,89)(H,90,91,92)(H,93,94,95)(H,96,97,98)(H,99,100,101)(H,102,103,104)(H,105,106,107)/t41-,42+,43-,44-,45-,49-,50-,51-,52+,53+,54+,55+,56+,57+,58+,59+,60+,61-,62-,63-,64-,65-,70+,71-,72-,73-,74-/m1/s1. The van der Waals surface area contributed by atoms with Gasteiger partial charge in [0.05, 0.1) is 125 Å². The Morgan fingerprint density at radius 1 is 0.389 bits per heavy atom. The zero-order valence-corrected chi connectivity index (χ0v) is 83.8. The van der Waals surface area contributed by atoms with Gasteiger partial charge in [0, 0.05) is 89.5 Å². The summed E-state index contributed by atoms with van der Waals surface area (Å²) in [5.74, 6) is -7.21. The molecule has 0 aromatic carbocycles. The second-order valence-corrected chi connectivity index (χ2v) is 38.5. The van der Waals surface area contributed by atoms with Crippen molar-refractivity contribution in [3.63, 3.8) is 0 Å². The molecule has 0 spiro atoms. The van der Waals surface area contributed by atoms with Crippen LogP contribution in [0.25, 0.3) is 0 Å². The molecular weight excluding hydrogens is 2100 g/mol. The van der Waals surface area contributed by atoms with Gasteiger partial charge < -0.3 is 160 Å². The number of amides is 4. The number of carboxylic acids is 3. The van der Waals surface area contributed by atoms with Gasteiger partial charge in [-0.2, -0.15) is 50.5 Å². The van der Waals surface area contributed by atoms with Crippen LogP contribution in [0.5, 0.6) is 0 Å². The highest BCUT2D eigenvalue weighted by molar-refractivity contribution is 7.82. The maximum atomic E-state index is 13.6. The molecule has 27 atom stereocenters. The minimum absolute atomic E-state index is 0.0166. The zero-order valence-electron chi connectivity index (χ0n) is 78.9. The average molecular weight is 2220 g/mol. The van der Waals surface area contributed by atoms with Gasteiger partial charge in [0.2, 0.25) is 23.6 Å². The predicted molar refractivity (Wildman–Crippen MR) is 462 cm³/mol. The van der Waals surface area contributed by atoms with Crippen LogP contribution in [0.1, 0.15) is 44.9 Å². The Bertz CT molecular complexity index is 4660. The number of rotatable bonds is 68. The number of piperidine rings is 2. The van der Waals surface area contributed by atoms with Crippen molar-refractivity contribution in [2.75, 3.05) is 215 Å². The summed E-state index contributed by atoms with van der Waals surface area (Å²) in [4.78, 5) is 91.9. The Kier molecular flexibility index (Phi) is 53.3. The van der Waals surface area contributed by atoms with Crippen LogP contribution in [-0.4, -0.2) is 514 Å². The lowest BCUT2D eigenvalue weighted by Gasteiger charge is -2.51. The van der Waals surface area contributed by atoms with Crippen molar-refractivity contribution in [1.29, 1.82) is 0 Å². The molecule has 0 aromatic rings. The second-order valence-electron chi connectivity index (χ2n) is 32.1. The van der Waals surface area contributed by atoms with Crippen LogP contribution in [0, 0.1) is 11.8 Å². The molecule has 13 N–H and O–H groups in total. The Labute approximate surface area is 827 Å². The highest BCUT2D eigenvalue weighted by atomic mass is 32.3. The fourth-order valence-corrected chi connectivity index (χ4v) is 18.6. The summed E-state index contributed by atoms with van der Waals surface area (Å²) in [5.41, 5.74) is 0. The first kappa shape index (κ1) is 125. The normalized spacial score (nSPS) is 30.6. The summed E-state index contributed by atoms with van der Waals surface area (Å²) in [6.45, 7) is -0.915. The minimum Gasteiger partial charge on any atom is -0.481 e. The maximum absolute atomic E-state index is 13.6. The van der Waals surface area contributed by atoms with E-state index in [-0.39, 0.29) is 125 Å². The lowest BCUT2D eigenvalue weighted by Crippen LogP contribution is -2.70. The summed E-state index contributed by atoms with van der Waals surface area (Å²) in [5, 5.41) is 42.4. The molecule has 7 aliphatic rings. The molecule has 4 amide bonds. The van der Waals surface area contributed by atoms with E-state index in [1.807, 2.05) is 0 Å². The number of carbonyl (C=O) groups excluding carboxylic acids is 4. The summed E-state index contributed by atoms with van der Waals surface area (Å²) in [7, 11) is -27.0. The largest absolute Gasteiger partial charge is 0.481 e. The third-order valence-corrected chi connectivity index (χ3v) is 25.2. The highest BCUT2D eigenvalue weighted by Gasteiger charge is 2.63. The summed E-state index contributed by atoms with van der Waals surface area (Å²) >= 11 is 0. The lowest BCUT2D eigenvalue weighted by molar-refractivity contribution is -0.389. The summed E-state index contributed by atoms with van der Waals surface area (Å²) in [6, 6.07) is -1.33. The quantitative estimate of drug-likeness (QED) is 0.0199. The number of methoxy groups -OCH3 is 8. The first-order chi connectivity index (χ1) is 68.0. The highest BCUT2D eigenvalue weighted by Crippen LogP contribution is 2.42. The van der Waals surface area contributed by atoms with Gasteiger partial charge in [-0.25, -0.2) is 34.7 Å². The van der Waals surface area contributed by atoms with E-state index in [9.17, 15) is 127 Å². The van der Waals surface area contributed by atoms with Crippen molar-refractivity contribution < 1.29 is 270 Å². The minimum atomic E-state index is -6.21. The van der Waals surface area contributed by atoms with E-state index in [1.165, 1.54) is 0 Å². The first-order valence-electron chi connectivity index (χ1n) is 44.1. The molecule has 838 valence electrons. The van der Waals surface area contributed by atoms with Gasteiger partial charge in [-0.05, 0) is 51.1 Å². The Hall–Kier alpha value is -5.53. The molecule has 0 aromatic heterocycles.